The summed E-state index contributed by atoms with van der Waals surface area (Å²) in [7, 11) is -3.55. The lowest BCUT2D eigenvalue weighted by atomic mass is 9.76. The molecule has 2 N–H and O–H groups in total. The van der Waals surface area contributed by atoms with E-state index in [4.69, 9.17) is 9.88 Å². The van der Waals surface area contributed by atoms with Gasteiger partial charge in [-0.3, -0.25) is 0 Å². The second kappa shape index (κ2) is 6.10. The van der Waals surface area contributed by atoms with Crippen LogP contribution in [-0.4, -0.2) is 20.8 Å². The van der Waals surface area contributed by atoms with Crippen LogP contribution in [-0.2, 0) is 10.0 Å². The number of hydrogen-bond donors (Lipinski definition) is 1. The highest BCUT2D eigenvalue weighted by Crippen LogP contribution is 2.37. The van der Waals surface area contributed by atoms with Crippen molar-refractivity contribution in [3.05, 3.63) is 30.1 Å². The molecule has 0 bridgehead atoms. The first-order valence-electron chi connectivity index (χ1n) is 6.78. The number of nitrogens with two attached hydrogens (primary N) is 1. The van der Waals surface area contributed by atoms with E-state index in [0.717, 1.165) is 32.1 Å². The zero-order chi connectivity index (χ0) is 14.6. The van der Waals surface area contributed by atoms with Gasteiger partial charge in [-0.25, -0.2) is 17.9 Å². The lowest BCUT2D eigenvalue weighted by Gasteiger charge is -2.36. The van der Waals surface area contributed by atoms with Gasteiger partial charge in [0.1, 0.15) is 11.6 Å². The topological polar surface area (TPSA) is 69.4 Å². The van der Waals surface area contributed by atoms with Gasteiger partial charge >= 0.3 is 0 Å². The number of sulfonamides is 1. The molecule has 0 spiro atoms. The molecule has 0 heterocycles. The van der Waals surface area contributed by atoms with Gasteiger partial charge in [-0.15, -0.1) is 0 Å². The summed E-state index contributed by atoms with van der Waals surface area (Å²) in [6.45, 7) is 0.257. The average molecular weight is 301 g/mol. The number of hydrogen-bond acceptors (Lipinski definition) is 3. The van der Waals surface area contributed by atoms with Gasteiger partial charge in [0.25, 0.3) is 0 Å². The third-order valence-corrected chi connectivity index (χ3v) is 4.78. The van der Waals surface area contributed by atoms with Crippen LogP contribution in [0.1, 0.15) is 32.1 Å². The summed E-state index contributed by atoms with van der Waals surface area (Å²) in [6.07, 6.45) is 4.61. The van der Waals surface area contributed by atoms with Crippen LogP contribution < -0.4 is 9.88 Å². The molecule has 1 fully saturated rings. The molecular weight excluding hydrogens is 281 g/mol. The predicted octanol–water partition coefficient (Wildman–Crippen LogP) is 2.44. The van der Waals surface area contributed by atoms with Gasteiger partial charge in [0.15, 0.2) is 0 Å². The molecule has 6 heteroatoms. The van der Waals surface area contributed by atoms with Crippen LogP contribution in [0.5, 0.6) is 5.75 Å². The van der Waals surface area contributed by atoms with E-state index in [1.54, 1.807) is 12.1 Å². The normalized spacial score (nSPS) is 18.7. The molecule has 0 atom stereocenters. The fourth-order valence-corrected chi connectivity index (χ4v) is 4.08. The second-order valence-electron chi connectivity index (χ2n) is 5.61. The Labute approximate surface area is 119 Å². The third kappa shape index (κ3) is 4.45. The fourth-order valence-electron chi connectivity index (χ4n) is 2.85. The number of rotatable bonds is 5. The third-order valence-electron chi connectivity index (χ3n) is 3.76. The van der Waals surface area contributed by atoms with Crippen LogP contribution in [0.2, 0.25) is 0 Å². The smallest absolute Gasteiger partial charge is 0.209 e. The van der Waals surface area contributed by atoms with Gasteiger partial charge < -0.3 is 4.74 Å². The standard InChI is InChI=1S/C14H20FNO3S/c15-12-5-4-6-13(9-12)19-10-14(11-20(16,17)18)7-2-1-3-8-14/h4-6,9H,1-3,7-8,10-11H2,(H2,16,17,18). The summed E-state index contributed by atoms with van der Waals surface area (Å²) in [5, 5.41) is 5.20. The highest BCUT2D eigenvalue weighted by molar-refractivity contribution is 7.89. The molecule has 0 aromatic heterocycles. The molecule has 4 nitrogen and oxygen atoms in total. The Hall–Kier alpha value is -1.14. The highest BCUT2D eigenvalue weighted by atomic mass is 32.2. The van der Waals surface area contributed by atoms with Crippen LogP contribution in [0, 0.1) is 11.2 Å². The quantitative estimate of drug-likeness (QED) is 0.908. The minimum Gasteiger partial charge on any atom is -0.493 e. The second-order valence-corrected chi connectivity index (χ2v) is 7.23. The van der Waals surface area contributed by atoms with Crippen molar-refractivity contribution in [1.82, 2.24) is 0 Å². The summed E-state index contributed by atoms with van der Waals surface area (Å²) >= 11 is 0. The first-order valence-corrected chi connectivity index (χ1v) is 8.49. The molecule has 1 aliphatic rings. The van der Waals surface area contributed by atoms with Gasteiger partial charge in [-0.1, -0.05) is 25.3 Å². The van der Waals surface area contributed by atoms with E-state index in [9.17, 15) is 12.8 Å². The van der Waals surface area contributed by atoms with E-state index in [-0.39, 0.29) is 18.2 Å². The van der Waals surface area contributed by atoms with Gasteiger partial charge in [-0.2, -0.15) is 0 Å². The summed E-state index contributed by atoms with van der Waals surface area (Å²) in [6, 6.07) is 5.87. The Morgan fingerprint density at radius 1 is 1.25 bits per heavy atom. The number of halogens is 1. The average Bonchev–Trinajstić information content (AvgIpc) is 2.36. The van der Waals surface area contributed by atoms with Crippen LogP contribution in [0.25, 0.3) is 0 Å². The summed E-state index contributed by atoms with van der Waals surface area (Å²) in [5.41, 5.74) is -0.446. The maximum absolute atomic E-state index is 13.1. The number of ether oxygens (including phenoxy) is 1. The van der Waals surface area contributed by atoms with Crippen molar-refractivity contribution < 1.29 is 17.5 Å². The van der Waals surface area contributed by atoms with Gasteiger partial charge in [0, 0.05) is 11.5 Å². The largest absolute Gasteiger partial charge is 0.493 e. The molecule has 0 saturated heterocycles. The van der Waals surface area contributed by atoms with Gasteiger partial charge in [-0.05, 0) is 25.0 Å². The molecule has 20 heavy (non-hydrogen) atoms. The Morgan fingerprint density at radius 2 is 1.95 bits per heavy atom. The molecule has 112 valence electrons. The first kappa shape index (κ1) is 15.3. The van der Waals surface area contributed by atoms with Crippen molar-refractivity contribution in [2.24, 2.45) is 10.6 Å². The highest BCUT2D eigenvalue weighted by Gasteiger charge is 2.36. The molecular formula is C14H20FNO3S. The number of primary sulfonamides is 1. The lowest BCUT2D eigenvalue weighted by molar-refractivity contribution is 0.118. The molecule has 0 radical (unpaired) electrons. The monoisotopic (exact) mass is 301 g/mol. The van der Waals surface area contributed by atoms with E-state index in [0.29, 0.717) is 5.75 Å². The van der Waals surface area contributed by atoms with Crippen LogP contribution in [0.4, 0.5) is 4.39 Å². The molecule has 0 aliphatic heterocycles. The molecule has 2 rings (SSSR count). The minimum absolute atomic E-state index is 0.0741. The van der Waals surface area contributed by atoms with Gasteiger partial charge in [0.05, 0.1) is 12.4 Å². The maximum atomic E-state index is 13.1. The predicted molar refractivity (Wildman–Crippen MR) is 75.4 cm³/mol. The van der Waals surface area contributed by atoms with E-state index in [2.05, 4.69) is 0 Å². The molecule has 1 aliphatic carbocycles. The zero-order valence-corrected chi connectivity index (χ0v) is 12.2. The summed E-state index contributed by atoms with van der Waals surface area (Å²) in [4.78, 5) is 0. The Balaban J connectivity index is 2.08. The van der Waals surface area contributed by atoms with E-state index >= 15 is 0 Å². The van der Waals surface area contributed by atoms with Crippen molar-refractivity contribution in [3.63, 3.8) is 0 Å². The summed E-state index contributed by atoms with van der Waals surface area (Å²) < 4.78 is 41.6. The van der Waals surface area contributed by atoms with Crippen molar-refractivity contribution >= 4 is 10.0 Å². The SMILES string of the molecule is NS(=O)(=O)CC1(COc2cccc(F)c2)CCCCC1. The first-order chi connectivity index (χ1) is 9.39. The number of benzene rings is 1. The van der Waals surface area contributed by atoms with E-state index in [1.165, 1.54) is 12.1 Å². The van der Waals surface area contributed by atoms with Crippen molar-refractivity contribution in [1.29, 1.82) is 0 Å². The summed E-state index contributed by atoms with van der Waals surface area (Å²) in [5.74, 6) is -0.0222. The zero-order valence-electron chi connectivity index (χ0n) is 11.3. The van der Waals surface area contributed by atoms with Crippen molar-refractivity contribution in [3.8, 4) is 5.75 Å². The molecule has 0 amide bonds. The Kier molecular flexibility index (Phi) is 4.65. The molecule has 0 unspecified atom stereocenters. The Bertz CT molecular complexity index is 553. The van der Waals surface area contributed by atoms with Crippen LogP contribution >= 0.6 is 0 Å². The van der Waals surface area contributed by atoms with Crippen molar-refractivity contribution in [2.45, 2.75) is 32.1 Å². The molecule has 1 aromatic carbocycles. The fraction of sp³-hybridized carbons (Fsp3) is 0.571. The van der Waals surface area contributed by atoms with Crippen molar-refractivity contribution in [2.75, 3.05) is 12.4 Å². The lowest BCUT2D eigenvalue weighted by Crippen LogP contribution is -2.40. The van der Waals surface area contributed by atoms with Gasteiger partial charge in [0.2, 0.25) is 10.0 Å². The minimum atomic E-state index is -3.55. The van der Waals surface area contributed by atoms with Crippen LogP contribution in [0.15, 0.2) is 24.3 Å². The van der Waals surface area contributed by atoms with Crippen LogP contribution in [0.3, 0.4) is 0 Å². The van der Waals surface area contributed by atoms with E-state index in [1.807, 2.05) is 0 Å². The Morgan fingerprint density at radius 3 is 2.55 bits per heavy atom. The molecule has 1 saturated carbocycles. The molecule has 1 aromatic rings. The maximum Gasteiger partial charge on any atom is 0.209 e. The van der Waals surface area contributed by atoms with E-state index < -0.39 is 15.4 Å².